The van der Waals surface area contributed by atoms with E-state index in [4.69, 9.17) is 11.2 Å². The SMILES string of the molecule is CCCCCCCCC(CCC)PCl. The molecule has 0 N–H and O–H groups in total. The Kier molecular flexibility index (Phi) is 12.4. The molecule has 14 heavy (non-hydrogen) atoms. The van der Waals surface area contributed by atoms with E-state index in [0.29, 0.717) is 7.93 Å². The molecule has 2 heteroatoms. The van der Waals surface area contributed by atoms with Crippen LogP contribution in [0.4, 0.5) is 0 Å². The number of rotatable bonds is 10. The van der Waals surface area contributed by atoms with Crippen molar-refractivity contribution in [1.82, 2.24) is 0 Å². The van der Waals surface area contributed by atoms with Crippen LogP contribution >= 0.6 is 19.2 Å². The van der Waals surface area contributed by atoms with Gasteiger partial charge in [0.2, 0.25) is 0 Å². The van der Waals surface area contributed by atoms with Crippen molar-refractivity contribution < 1.29 is 0 Å². The topological polar surface area (TPSA) is 0 Å². The molecule has 0 saturated heterocycles. The van der Waals surface area contributed by atoms with Crippen molar-refractivity contribution in [3.8, 4) is 0 Å². The maximum Gasteiger partial charge on any atom is -0.00980 e. The van der Waals surface area contributed by atoms with E-state index in [1.54, 1.807) is 0 Å². The second-order valence-corrected chi connectivity index (χ2v) is 5.84. The maximum atomic E-state index is 5.94. The number of unbranched alkanes of at least 4 members (excludes halogenated alkanes) is 5. The molecule has 86 valence electrons. The Morgan fingerprint density at radius 1 is 0.857 bits per heavy atom. The predicted molar refractivity (Wildman–Crippen MR) is 70.9 cm³/mol. The van der Waals surface area contributed by atoms with E-state index in [2.05, 4.69) is 13.8 Å². The van der Waals surface area contributed by atoms with Crippen LogP contribution in [-0.4, -0.2) is 5.66 Å². The van der Waals surface area contributed by atoms with Crippen LogP contribution in [0.5, 0.6) is 0 Å². The Balaban J connectivity index is 3.15. The van der Waals surface area contributed by atoms with E-state index < -0.39 is 0 Å². The van der Waals surface area contributed by atoms with Crippen molar-refractivity contribution in [3.63, 3.8) is 0 Å². The summed E-state index contributed by atoms with van der Waals surface area (Å²) in [5, 5.41) is 0. The van der Waals surface area contributed by atoms with Crippen molar-refractivity contribution in [1.29, 1.82) is 0 Å². The molecule has 0 aliphatic heterocycles. The summed E-state index contributed by atoms with van der Waals surface area (Å²) >= 11 is 5.94. The van der Waals surface area contributed by atoms with Crippen molar-refractivity contribution >= 4 is 19.2 Å². The number of halogens is 1. The van der Waals surface area contributed by atoms with E-state index in [0.717, 1.165) is 5.66 Å². The molecule has 0 amide bonds. The Morgan fingerprint density at radius 3 is 2.07 bits per heavy atom. The van der Waals surface area contributed by atoms with Gasteiger partial charge >= 0.3 is 0 Å². The van der Waals surface area contributed by atoms with Gasteiger partial charge in [-0.3, -0.25) is 0 Å². The van der Waals surface area contributed by atoms with E-state index in [1.807, 2.05) is 0 Å². The second-order valence-electron chi connectivity index (χ2n) is 4.15. The highest BCUT2D eigenvalue weighted by atomic mass is 35.7. The monoisotopic (exact) mass is 236 g/mol. The van der Waals surface area contributed by atoms with Gasteiger partial charge in [-0.05, 0) is 26.4 Å². The van der Waals surface area contributed by atoms with Crippen LogP contribution in [0.25, 0.3) is 0 Å². The Labute approximate surface area is 96.8 Å². The Morgan fingerprint density at radius 2 is 1.50 bits per heavy atom. The fourth-order valence-corrected chi connectivity index (χ4v) is 3.14. The first-order valence-corrected chi connectivity index (χ1v) is 8.30. The average molecular weight is 237 g/mol. The largest absolute Gasteiger partial charge is 0.0998 e. The van der Waals surface area contributed by atoms with E-state index in [-0.39, 0.29) is 0 Å². The molecule has 0 heterocycles. The molecule has 0 spiro atoms. The quantitative estimate of drug-likeness (QED) is 0.335. The molecule has 0 aromatic carbocycles. The van der Waals surface area contributed by atoms with E-state index in [9.17, 15) is 0 Å². The molecular weight excluding hydrogens is 211 g/mol. The first-order chi connectivity index (χ1) is 6.85. The highest BCUT2D eigenvalue weighted by Gasteiger charge is 2.05. The van der Waals surface area contributed by atoms with Gasteiger partial charge in [0.25, 0.3) is 0 Å². The molecule has 0 saturated carbocycles. The predicted octanol–water partition coefficient (Wildman–Crippen LogP) is 5.74. The molecule has 2 unspecified atom stereocenters. The third-order valence-corrected chi connectivity index (χ3v) is 4.51. The van der Waals surface area contributed by atoms with Gasteiger partial charge in [-0.2, -0.15) is 0 Å². The molecule has 0 fully saturated rings. The van der Waals surface area contributed by atoms with E-state index >= 15 is 0 Å². The van der Waals surface area contributed by atoms with Gasteiger partial charge in [-0.1, -0.05) is 70.0 Å². The third kappa shape index (κ3) is 9.28. The second kappa shape index (κ2) is 11.8. The first kappa shape index (κ1) is 14.7. The van der Waals surface area contributed by atoms with Gasteiger partial charge < -0.3 is 0 Å². The summed E-state index contributed by atoms with van der Waals surface area (Å²) in [4.78, 5) is 0. The molecule has 0 aliphatic carbocycles. The van der Waals surface area contributed by atoms with Crippen molar-refractivity contribution in [3.05, 3.63) is 0 Å². The number of hydrogen-bond acceptors (Lipinski definition) is 0. The van der Waals surface area contributed by atoms with E-state index in [1.165, 1.54) is 57.8 Å². The Hall–Kier alpha value is 0.720. The number of hydrogen-bond donors (Lipinski definition) is 0. The van der Waals surface area contributed by atoms with Gasteiger partial charge in [-0.25, -0.2) is 0 Å². The van der Waals surface area contributed by atoms with Crippen molar-refractivity contribution in [2.24, 2.45) is 0 Å². The zero-order chi connectivity index (χ0) is 10.6. The minimum atomic E-state index is 0.640. The summed E-state index contributed by atoms with van der Waals surface area (Å²) < 4.78 is 0. The first-order valence-electron chi connectivity index (χ1n) is 6.21. The van der Waals surface area contributed by atoms with Crippen LogP contribution in [0.1, 0.15) is 71.6 Å². The summed E-state index contributed by atoms with van der Waals surface area (Å²) in [7, 11) is 0.640. The summed E-state index contributed by atoms with van der Waals surface area (Å²) in [6, 6.07) is 0. The van der Waals surface area contributed by atoms with Crippen LogP contribution in [0.2, 0.25) is 0 Å². The van der Waals surface area contributed by atoms with Gasteiger partial charge in [0.15, 0.2) is 0 Å². The van der Waals surface area contributed by atoms with Gasteiger partial charge in [0.05, 0.1) is 0 Å². The van der Waals surface area contributed by atoms with Gasteiger partial charge in [0, 0.05) is 0 Å². The highest BCUT2D eigenvalue weighted by Crippen LogP contribution is 2.31. The smallest absolute Gasteiger partial charge is 0.00980 e. The molecule has 0 aliphatic rings. The fourth-order valence-electron chi connectivity index (χ4n) is 1.77. The lowest BCUT2D eigenvalue weighted by Gasteiger charge is -2.11. The van der Waals surface area contributed by atoms with Gasteiger partial charge in [-0.15, -0.1) is 0 Å². The zero-order valence-electron chi connectivity index (χ0n) is 9.82. The van der Waals surface area contributed by atoms with Crippen LogP contribution < -0.4 is 0 Å². The summed E-state index contributed by atoms with van der Waals surface area (Å²) in [6.07, 6.45) is 12.4. The fraction of sp³-hybridized carbons (Fsp3) is 1.00. The molecular formula is C12H26ClP. The lowest BCUT2D eigenvalue weighted by atomic mass is 10.1. The van der Waals surface area contributed by atoms with Crippen LogP contribution in [0.15, 0.2) is 0 Å². The van der Waals surface area contributed by atoms with Crippen LogP contribution in [0, 0.1) is 0 Å². The maximum absolute atomic E-state index is 5.94. The standard InChI is InChI=1S/C12H26ClP/c1-3-5-6-7-8-9-11-12(14-13)10-4-2/h12,14H,3-11H2,1-2H3. The highest BCUT2D eigenvalue weighted by molar-refractivity contribution is 7.69. The van der Waals surface area contributed by atoms with Crippen molar-refractivity contribution in [2.75, 3.05) is 0 Å². The summed E-state index contributed by atoms with van der Waals surface area (Å²) in [5.41, 5.74) is 0.813. The zero-order valence-corrected chi connectivity index (χ0v) is 11.6. The lowest BCUT2D eigenvalue weighted by Crippen LogP contribution is -1.98. The lowest BCUT2D eigenvalue weighted by molar-refractivity contribution is 0.568. The van der Waals surface area contributed by atoms with Gasteiger partial charge in [0.1, 0.15) is 0 Å². The Bertz CT molecular complexity index is 106. The normalized spacial score (nSPS) is 13.9. The third-order valence-electron chi connectivity index (χ3n) is 2.70. The van der Waals surface area contributed by atoms with Crippen LogP contribution in [0.3, 0.4) is 0 Å². The molecule has 0 bridgehead atoms. The van der Waals surface area contributed by atoms with Crippen molar-refractivity contribution in [2.45, 2.75) is 77.3 Å². The summed E-state index contributed by atoms with van der Waals surface area (Å²) in [6.45, 7) is 4.52. The molecule has 2 atom stereocenters. The average Bonchev–Trinajstić information content (AvgIpc) is 2.21. The minimum Gasteiger partial charge on any atom is -0.0998 e. The summed E-state index contributed by atoms with van der Waals surface area (Å²) in [5.74, 6) is 0. The molecule has 0 aromatic heterocycles. The molecule has 0 nitrogen and oxygen atoms in total. The minimum absolute atomic E-state index is 0.640. The van der Waals surface area contributed by atoms with Crippen LogP contribution in [-0.2, 0) is 0 Å². The molecule has 0 radical (unpaired) electrons. The molecule has 0 rings (SSSR count). The molecule has 0 aromatic rings.